The maximum atomic E-state index is 14.7. The van der Waals surface area contributed by atoms with Gasteiger partial charge < -0.3 is 20.3 Å². The van der Waals surface area contributed by atoms with Gasteiger partial charge in [-0.05, 0) is 80.6 Å². The van der Waals surface area contributed by atoms with Gasteiger partial charge in [-0.15, -0.1) is 0 Å². The quantitative estimate of drug-likeness (QED) is 0.198. The van der Waals surface area contributed by atoms with E-state index in [9.17, 15) is 14.4 Å². The lowest BCUT2D eigenvalue weighted by atomic mass is 9.95. The Balaban J connectivity index is 1.76. The van der Waals surface area contributed by atoms with E-state index in [2.05, 4.69) is 10.6 Å². The molecule has 0 aromatic heterocycles. The van der Waals surface area contributed by atoms with E-state index in [0.717, 1.165) is 27.5 Å². The van der Waals surface area contributed by atoms with Gasteiger partial charge in [0, 0.05) is 18.2 Å². The monoisotopic (exact) mass is 593 g/mol. The average molecular weight is 594 g/mol. The fourth-order valence-electron chi connectivity index (χ4n) is 5.26. The van der Waals surface area contributed by atoms with Crippen molar-refractivity contribution in [1.29, 1.82) is 0 Å². The largest absolute Gasteiger partial charge is 0.444 e. The third-order valence-electron chi connectivity index (χ3n) is 7.62. The molecule has 2 N–H and O–H groups in total. The lowest BCUT2D eigenvalue weighted by molar-refractivity contribution is -0.143. The molecule has 0 aliphatic heterocycles. The molecular weight excluding hydrogens is 550 g/mol. The van der Waals surface area contributed by atoms with Crippen molar-refractivity contribution in [3.05, 3.63) is 114 Å². The van der Waals surface area contributed by atoms with Gasteiger partial charge in [-0.3, -0.25) is 9.59 Å². The minimum absolute atomic E-state index is 0.235. The maximum Gasteiger partial charge on any atom is 0.408 e. The fourth-order valence-corrected chi connectivity index (χ4v) is 5.26. The zero-order chi connectivity index (χ0) is 31.9. The van der Waals surface area contributed by atoms with Crippen molar-refractivity contribution in [3.63, 3.8) is 0 Å². The third-order valence-corrected chi connectivity index (χ3v) is 7.62. The molecule has 3 unspecified atom stereocenters. The van der Waals surface area contributed by atoms with Gasteiger partial charge in [-0.25, -0.2) is 4.79 Å². The van der Waals surface area contributed by atoms with Crippen molar-refractivity contribution in [1.82, 2.24) is 10.2 Å². The van der Waals surface area contributed by atoms with Gasteiger partial charge >= 0.3 is 6.09 Å². The van der Waals surface area contributed by atoms with Crippen LogP contribution in [0.5, 0.6) is 0 Å². The Bertz CT molecular complexity index is 1600. The second-order valence-electron chi connectivity index (χ2n) is 12.2. The molecule has 230 valence electrons. The molecule has 0 fully saturated rings. The first-order chi connectivity index (χ1) is 21.0. The topological polar surface area (TPSA) is 87.7 Å². The number of ether oxygens (including phenoxy) is 1. The highest BCUT2D eigenvalue weighted by Gasteiger charge is 2.39. The number of benzene rings is 4. The van der Waals surface area contributed by atoms with Crippen LogP contribution in [0.15, 0.2) is 97.1 Å². The molecule has 3 amide bonds. The Hall–Kier alpha value is -4.65. The van der Waals surface area contributed by atoms with Crippen molar-refractivity contribution in [3.8, 4) is 0 Å². The van der Waals surface area contributed by atoms with E-state index >= 15 is 0 Å². The van der Waals surface area contributed by atoms with E-state index in [1.807, 2.05) is 118 Å². The molecule has 0 saturated carbocycles. The number of carbonyl (C=O) groups excluding carboxylic acids is 3. The van der Waals surface area contributed by atoms with Crippen LogP contribution in [-0.2, 0) is 20.7 Å². The summed E-state index contributed by atoms with van der Waals surface area (Å²) in [5, 5.41) is 7.98. The number of alkyl carbamates (subject to hydrolysis) is 1. The molecule has 44 heavy (non-hydrogen) atoms. The molecule has 4 rings (SSSR count). The SMILES string of the molecule is CCC(C)N(C(=O)C(Cc1ccccc1)NC(=O)OC(C)(C)C)C(C(=O)Nc1ccc2ccccc2c1)c1ccccc1C. The molecule has 0 saturated heterocycles. The van der Waals surface area contributed by atoms with Crippen molar-refractivity contribution in [2.24, 2.45) is 0 Å². The smallest absolute Gasteiger partial charge is 0.408 e. The summed E-state index contributed by atoms with van der Waals surface area (Å²) >= 11 is 0. The number of nitrogens with one attached hydrogen (secondary N) is 2. The van der Waals surface area contributed by atoms with Crippen LogP contribution in [0.4, 0.5) is 10.5 Å². The van der Waals surface area contributed by atoms with Crippen LogP contribution < -0.4 is 10.6 Å². The number of rotatable bonds is 10. The molecule has 0 heterocycles. The van der Waals surface area contributed by atoms with Gasteiger partial charge in [0.05, 0.1) is 0 Å². The first kappa shape index (κ1) is 32.3. The average Bonchev–Trinajstić information content (AvgIpc) is 2.99. The van der Waals surface area contributed by atoms with E-state index < -0.39 is 23.8 Å². The molecule has 4 aromatic carbocycles. The first-order valence-corrected chi connectivity index (χ1v) is 15.2. The van der Waals surface area contributed by atoms with E-state index in [4.69, 9.17) is 4.74 Å². The normalized spacial score (nSPS) is 13.4. The number of carbonyl (C=O) groups is 3. The molecule has 0 aliphatic rings. The van der Waals surface area contributed by atoms with E-state index in [1.165, 1.54) is 0 Å². The molecular formula is C37H43N3O4. The first-order valence-electron chi connectivity index (χ1n) is 15.2. The molecule has 7 heteroatoms. The van der Waals surface area contributed by atoms with Gasteiger partial charge in [-0.2, -0.15) is 0 Å². The van der Waals surface area contributed by atoms with Crippen LogP contribution in [0, 0.1) is 6.92 Å². The van der Waals surface area contributed by atoms with E-state index in [1.54, 1.807) is 25.7 Å². The number of hydrogen-bond acceptors (Lipinski definition) is 4. The van der Waals surface area contributed by atoms with Crippen LogP contribution in [0.3, 0.4) is 0 Å². The number of hydrogen-bond donors (Lipinski definition) is 2. The highest BCUT2D eigenvalue weighted by molar-refractivity contribution is 6.00. The fraction of sp³-hybridized carbons (Fsp3) is 0.324. The Labute approximate surface area is 260 Å². The van der Waals surface area contributed by atoms with Gasteiger partial charge in [0.1, 0.15) is 17.7 Å². The predicted molar refractivity (Wildman–Crippen MR) is 176 cm³/mol. The van der Waals surface area contributed by atoms with Crippen LogP contribution in [0.25, 0.3) is 10.8 Å². The predicted octanol–water partition coefficient (Wildman–Crippen LogP) is 7.59. The zero-order valence-electron chi connectivity index (χ0n) is 26.5. The van der Waals surface area contributed by atoms with Gasteiger partial charge in [0.25, 0.3) is 5.91 Å². The zero-order valence-corrected chi connectivity index (χ0v) is 26.5. The van der Waals surface area contributed by atoms with E-state index in [0.29, 0.717) is 12.1 Å². The summed E-state index contributed by atoms with van der Waals surface area (Å²) in [6.45, 7) is 11.2. The number of nitrogens with zero attached hydrogens (tertiary/aromatic N) is 1. The minimum Gasteiger partial charge on any atom is -0.444 e. The number of amides is 3. The standard InChI is InChI=1S/C37H43N3O4/c1-7-26(3)40(35(42)32(23-27-16-9-8-10-17-27)39-36(43)44-37(4,5)6)33(31-20-14-11-15-25(31)2)34(41)38-30-22-21-28-18-12-13-19-29(28)24-30/h8-22,24,26,32-33H,7,23H2,1-6H3,(H,38,41)(H,39,43). The lowest BCUT2D eigenvalue weighted by Gasteiger charge is -2.38. The Kier molecular flexibility index (Phi) is 10.4. The highest BCUT2D eigenvalue weighted by atomic mass is 16.6. The third kappa shape index (κ3) is 8.25. The van der Waals surface area contributed by atoms with Crippen molar-refractivity contribution in [2.45, 2.75) is 78.1 Å². The molecule has 0 bridgehead atoms. The van der Waals surface area contributed by atoms with Crippen LogP contribution in [0.1, 0.15) is 63.8 Å². The molecule has 0 spiro atoms. The summed E-state index contributed by atoms with van der Waals surface area (Å²) in [6, 6.07) is 28.6. The summed E-state index contributed by atoms with van der Waals surface area (Å²) < 4.78 is 5.55. The van der Waals surface area contributed by atoms with Crippen LogP contribution in [0.2, 0.25) is 0 Å². The summed E-state index contributed by atoms with van der Waals surface area (Å²) in [5.74, 6) is -0.699. The van der Waals surface area contributed by atoms with Crippen LogP contribution >= 0.6 is 0 Å². The van der Waals surface area contributed by atoms with Gasteiger partial charge in [0.2, 0.25) is 5.91 Å². The van der Waals surface area contributed by atoms with Gasteiger partial charge in [-0.1, -0.05) is 91.9 Å². The van der Waals surface area contributed by atoms with E-state index in [-0.39, 0.29) is 24.3 Å². The number of anilines is 1. The Morgan fingerprint density at radius 3 is 2.14 bits per heavy atom. The number of aryl methyl sites for hydroxylation is 1. The second-order valence-corrected chi connectivity index (χ2v) is 12.2. The Morgan fingerprint density at radius 1 is 0.841 bits per heavy atom. The molecule has 0 radical (unpaired) electrons. The Morgan fingerprint density at radius 2 is 1.48 bits per heavy atom. The van der Waals surface area contributed by atoms with Crippen LogP contribution in [-0.4, -0.2) is 40.5 Å². The summed E-state index contributed by atoms with van der Waals surface area (Å²) in [5.41, 5.74) is 2.36. The summed E-state index contributed by atoms with van der Waals surface area (Å²) in [4.78, 5) is 43.7. The molecule has 7 nitrogen and oxygen atoms in total. The highest BCUT2D eigenvalue weighted by Crippen LogP contribution is 2.30. The maximum absolute atomic E-state index is 14.7. The lowest BCUT2D eigenvalue weighted by Crippen LogP contribution is -2.55. The molecule has 4 aromatic rings. The number of fused-ring (bicyclic) bond motifs is 1. The summed E-state index contributed by atoms with van der Waals surface area (Å²) in [7, 11) is 0. The second kappa shape index (κ2) is 14.2. The minimum atomic E-state index is -0.971. The van der Waals surface area contributed by atoms with Crippen molar-refractivity contribution >= 4 is 34.4 Å². The van der Waals surface area contributed by atoms with Crippen molar-refractivity contribution < 1.29 is 19.1 Å². The molecule has 3 atom stereocenters. The van der Waals surface area contributed by atoms with Crippen molar-refractivity contribution in [2.75, 3.05) is 5.32 Å². The van der Waals surface area contributed by atoms with Gasteiger partial charge in [0.15, 0.2) is 0 Å². The molecule has 0 aliphatic carbocycles. The summed E-state index contributed by atoms with van der Waals surface area (Å²) in [6.07, 6.45) is 0.143.